The van der Waals surface area contributed by atoms with Gasteiger partial charge in [0.25, 0.3) is 0 Å². The lowest BCUT2D eigenvalue weighted by molar-refractivity contribution is 0.278. The molecule has 0 spiro atoms. The van der Waals surface area contributed by atoms with Crippen molar-refractivity contribution in [2.45, 2.75) is 33.2 Å². The molecule has 0 amide bonds. The molecule has 1 heterocycles. The van der Waals surface area contributed by atoms with Gasteiger partial charge in [-0.2, -0.15) is 15.0 Å². The first-order valence-corrected chi connectivity index (χ1v) is 9.78. The summed E-state index contributed by atoms with van der Waals surface area (Å²) in [6, 6.07) is 21.4. The molecule has 0 radical (unpaired) electrons. The van der Waals surface area contributed by atoms with Crippen molar-refractivity contribution in [3.05, 3.63) is 71.8 Å². The van der Waals surface area contributed by atoms with E-state index < -0.39 is 0 Å². The fourth-order valence-electron chi connectivity index (χ4n) is 3.43. The van der Waals surface area contributed by atoms with Crippen molar-refractivity contribution in [3.63, 3.8) is 0 Å². The van der Waals surface area contributed by atoms with Gasteiger partial charge in [0.15, 0.2) is 0 Å². The van der Waals surface area contributed by atoms with Gasteiger partial charge in [-0.25, -0.2) is 0 Å². The Kier molecular flexibility index (Phi) is 5.22. The normalized spacial score (nSPS) is 11.2. The number of rotatable bonds is 6. The maximum Gasteiger partial charge on any atom is 0.121 e. The third kappa shape index (κ3) is 3.69. The molecule has 4 aromatic rings. The number of aliphatic hydroxyl groups excluding tert-OH is 1. The minimum atomic E-state index is 0.198. The van der Waals surface area contributed by atoms with Crippen LogP contribution in [0.25, 0.3) is 33.3 Å². The highest BCUT2D eigenvalue weighted by atomic mass is 16.2. The molecule has 3 aromatic carbocycles. The molecule has 1 aromatic heterocycles. The zero-order valence-electron chi connectivity index (χ0n) is 16.4. The summed E-state index contributed by atoms with van der Waals surface area (Å²) in [6.45, 7) is 5.09. The number of benzene rings is 3. The first-order valence-electron chi connectivity index (χ1n) is 9.78. The summed E-state index contributed by atoms with van der Waals surface area (Å²) in [5.41, 5.74) is 8.81. The van der Waals surface area contributed by atoms with Gasteiger partial charge in [0.05, 0.1) is 6.54 Å². The number of fused-ring (bicyclic) bond motifs is 1. The van der Waals surface area contributed by atoms with Gasteiger partial charge in [-0.3, -0.25) is 0 Å². The van der Waals surface area contributed by atoms with E-state index in [9.17, 15) is 0 Å². The first kappa shape index (κ1) is 18.4. The predicted molar refractivity (Wildman–Crippen MR) is 114 cm³/mol. The molecular weight excluding hydrogens is 346 g/mol. The van der Waals surface area contributed by atoms with Crippen molar-refractivity contribution >= 4 is 11.0 Å². The minimum absolute atomic E-state index is 0.198. The van der Waals surface area contributed by atoms with Crippen LogP contribution in [-0.4, -0.2) is 26.7 Å². The summed E-state index contributed by atoms with van der Waals surface area (Å²) in [6.07, 6.45) is 1.62. The number of aromatic nitrogens is 3. The van der Waals surface area contributed by atoms with Gasteiger partial charge in [0.2, 0.25) is 0 Å². The average Bonchev–Trinajstić information content (AvgIpc) is 3.13. The van der Waals surface area contributed by atoms with Gasteiger partial charge >= 0.3 is 0 Å². The molecule has 0 bridgehead atoms. The molecule has 0 aliphatic rings. The van der Waals surface area contributed by atoms with Crippen LogP contribution in [0.4, 0.5) is 0 Å². The molecule has 0 aliphatic carbocycles. The van der Waals surface area contributed by atoms with E-state index in [0.29, 0.717) is 6.54 Å². The van der Waals surface area contributed by atoms with Crippen molar-refractivity contribution in [2.75, 3.05) is 6.61 Å². The second-order valence-electron chi connectivity index (χ2n) is 7.32. The van der Waals surface area contributed by atoms with Crippen LogP contribution in [0.3, 0.4) is 0 Å². The Balaban J connectivity index is 1.85. The lowest BCUT2D eigenvalue weighted by Gasteiger charge is -2.07. The summed E-state index contributed by atoms with van der Waals surface area (Å²) in [4.78, 5) is 1.77. The monoisotopic (exact) mass is 371 g/mol. The van der Waals surface area contributed by atoms with E-state index in [2.05, 4.69) is 74.5 Å². The second kappa shape index (κ2) is 7.95. The Bertz CT molecular complexity index is 997. The summed E-state index contributed by atoms with van der Waals surface area (Å²) in [5.74, 6) is 0. The van der Waals surface area contributed by atoms with Gasteiger partial charge < -0.3 is 5.11 Å². The highest BCUT2D eigenvalue weighted by molar-refractivity contribution is 6.00. The van der Waals surface area contributed by atoms with E-state index in [1.807, 2.05) is 0 Å². The van der Waals surface area contributed by atoms with E-state index in [1.54, 1.807) is 4.80 Å². The fourth-order valence-corrected chi connectivity index (χ4v) is 3.43. The summed E-state index contributed by atoms with van der Waals surface area (Å²) < 4.78 is 0. The summed E-state index contributed by atoms with van der Waals surface area (Å²) >= 11 is 0. The van der Waals surface area contributed by atoms with Crippen LogP contribution >= 0.6 is 0 Å². The van der Waals surface area contributed by atoms with E-state index in [0.717, 1.165) is 46.1 Å². The average molecular weight is 371 g/mol. The van der Waals surface area contributed by atoms with Gasteiger partial charge in [-0.05, 0) is 37.8 Å². The minimum Gasteiger partial charge on any atom is -0.396 e. The number of nitrogens with zero attached hydrogens (tertiary/aromatic N) is 3. The molecule has 0 saturated heterocycles. The van der Waals surface area contributed by atoms with Gasteiger partial charge in [0, 0.05) is 17.7 Å². The number of aryl methyl sites for hydroxylation is 3. The second-order valence-corrected chi connectivity index (χ2v) is 7.32. The Labute approximate surface area is 165 Å². The van der Waals surface area contributed by atoms with E-state index in [-0.39, 0.29) is 6.61 Å². The maximum absolute atomic E-state index is 9.06. The summed E-state index contributed by atoms with van der Waals surface area (Å²) in [5, 5.41) is 18.7. The van der Waals surface area contributed by atoms with E-state index in [1.165, 1.54) is 11.1 Å². The smallest absolute Gasteiger partial charge is 0.121 e. The van der Waals surface area contributed by atoms with Crippen LogP contribution in [0, 0.1) is 13.8 Å². The van der Waals surface area contributed by atoms with Crippen molar-refractivity contribution in [1.82, 2.24) is 15.0 Å². The first-order chi connectivity index (χ1) is 13.7. The fraction of sp³-hybridized carbons (Fsp3) is 0.250. The topological polar surface area (TPSA) is 50.9 Å². The zero-order valence-corrected chi connectivity index (χ0v) is 16.4. The molecule has 4 nitrogen and oxygen atoms in total. The number of hydrogen-bond donors (Lipinski definition) is 1. The lowest BCUT2D eigenvalue weighted by atomic mass is 9.97. The largest absolute Gasteiger partial charge is 0.396 e. The van der Waals surface area contributed by atoms with E-state index in [4.69, 9.17) is 15.3 Å². The SMILES string of the molecule is Cc1ccc(-c2ccc(-c3ccc(C)cc3)c3nn(CCCCO)nc23)cc1. The van der Waals surface area contributed by atoms with Crippen LogP contribution in [0.15, 0.2) is 60.7 Å². The molecule has 4 heteroatoms. The van der Waals surface area contributed by atoms with E-state index >= 15 is 0 Å². The summed E-state index contributed by atoms with van der Waals surface area (Å²) in [7, 11) is 0. The third-order valence-corrected chi connectivity index (χ3v) is 5.07. The molecule has 142 valence electrons. The van der Waals surface area contributed by atoms with Gasteiger partial charge in [-0.15, -0.1) is 0 Å². The van der Waals surface area contributed by atoms with Crippen LogP contribution in [0.2, 0.25) is 0 Å². The van der Waals surface area contributed by atoms with Crippen LogP contribution in [-0.2, 0) is 6.54 Å². The zero-order chi connectivity index (χ0) is 19.5. The Morgan fingerprint density at radius 3 is 1.57 bits per heavy atom. The Hall–Kier alpha value is -2.98. The third-order valence-electron chi connectivity index (χ3n) is 5.07. The van der Waals surface area contributed by atoms with Crippen molar-refractivity contribution < 1.29 is 5.11 Å². The molecule has 0 saturated carbocycles. The molecule has 0 aliphatic heterocycles. The lowest BCUT2D eigenvalue weighted by Crippen LogP contribution is -2.02. The maximum atomic E-state index is 9.06. The van der Waals surface area contributed by atoms with Gasteiger partial charge in [0.1, 0.15) is 11.0 Å². The number of aliphatic hydroxyl groups is 1. The van der Waals surface area contributed by atoms with Crippen LogP contribution in [0.5, 0.6) is 0 Å². The predicted octanol–water partition coefficient (Wildman–Crippen LogP) is 5.15. The number of unbranched alkanes of at least 4 members (excludes halogenated alkanes) is 1. The molecule has 4 rings (SSSR count). The molecule has 0 unspecified atom stereocenters. The van der Waals surface area contributed by atoms with Crippen LogP contribution < -0.4 is 0 Å². The molecule has 0 fully saturated rings. The molecule has 1 N–H and O–H groups in total. The Morgan fingerprint density at radius 1 is 0.679 bits per heavy atom. The molecule has 28 heavy (non-hydrogen) atoms. The van der Waals surface area contributed by atoms with Gasteiger partial charge in [-0.1, -0.05) is 71.8 Å². The number of hydrogen-bond acceptors (Lipinski definition) is 3. The molecular formula is C24H25N3O. The highest BCUT2D eigenvalue weighted by Gasteiger charge is 2.15. The van der Waals surface area contributed by atoms with Crippen molar-refractivity contribution in [3.8, 4) is 22.3 Å². The quantitative estimate of drug-likeness (QED) is 0.477. The standard InChI is InChI=1S/C24H25N3O/c1-17-5-9-19(10-6-17)21-13-14-22(20-11-7-18(2)8-12-20)24-23(21)25-27(26-24)15-3-4-16-28/h5-14,28H,3-4,15-16H2,1-2H3. The highest BCUT2D eigenvalue weighted by Crippen LogP contribution is 2.34. The van der Waals surface area contributed by atoms with Crippen molar-refractivity contribution in [2.24, 2.45) is 0 Å². The molecule has 0 atom stereocenters. The van der Waals surface area contributed by atoms with Crippen LogP contribution in [0.1, 0.15) is 24.0 Å². The Morgan fingerprint density at radius 2 is 1.14 bits per heavy atom. The van der Waals surface area contributed by atoms with Crippen molar-refractivity contribution in [1.29, 1.82) is 0 Å².